The summed E-state index contributed by atoms with van der Waals surface area (Å²) in [6, 6.07) is 77.1. The summed E-state index contributed by atoms with van der Waals surface area (Å²) >= 11 is 3.17. The van der Waals surface area contributed by atoms with Gasteiger partial charge < -0.3 is 0 Å². The number of fused-ring (bicyclic) bond motifs is 10. The van der Waals surface area contributed by atoms with Gasteiger partial charge in [0.05, 0.1) is 10.8 Å². The van der Waals surface area contributed by atoms with Crippen molar-refractivity contribution in [3.63, 3.8) is 0 Å². The summed E-state index contributed by atoms with van der Waals surface area (Å²) < 4.78 is 2.06. The summed E-state index contributed by atoms with van der Waals surface area (Å²) in [5.74, 6) is -0.429. The first-order chi connectivity index (χ1) is 41.9. The normalized spacial score (nSPS) is 15.4. The maximum Gasteiger partial charge on any atom is 0.194 e. The average molecular weight is 1140 g/mol. The van der Waals surface area contributed by atoms with E-state index in [0.717, 1.165) is 119 Å². The van der Waals surface area contributed by atoms with Crippen molar-refractivity contribution in [1.82, 2.24) is 0 Å². The Bertz CT molecular complexity index is 4750. The van der Waals surface area contributed by atoms with E-state index < -0.39 is 10.8 Å². The van der Waals surface area contributed by atoms with Crippen molar-refractivity contribution in [1.29, 1.82) is 21.0 Å². The number of carbonyl (C=O) groups is 2. The van der Waals surface area contributed by atoms with Crippen LogP contribution in [0.1, 0.15) is 108 Å². The Morgan fingerprint density at radius 2 is 0.651 bits per heavy atom. The second-order valence-electron chi connectivity index (χ2n) is 22.9. The average Bonchev–Trinajstić information content (AvgIpc) is 1.50. The van der Waals surface area contributed by atoms with Crippen LogP contribution in [0.5, 0.6) is 0 Å². The van der Waals surface area contributed by atoms with Crippen LogP contribution in [0.3, 0.4) is 0 Å². The highest BCUT2D eigenvalue weighted by atomic mass is 32.1. The summed E-state index contributed by atoms with van der Waals surface area (Å²) in [5, 5.41) is 42.8. The topological polar surface area (TPSA) is 129 Å². The van der Waals surface area contributed by atoms with Gasteiger partial charge in [-0.15, -0.1) is 22.7 Å². The number of ketones is 2. The molecule has 0 aliphatic heterocycles. The molecule has 2 heterocycles. The lowest BCUT2D eigenvalue weighted by molar-refractivity contribution is 0.103. The van der Waals surface area contributed by atoms with E-state index in [4.69, 9.17) is 0 Å². The van der Waals surface area contributed by atoms with Crippen molar-refractivity contribution in [3.05, 3.63) is 315 Å². The monoisotopic (exact) mass is 1130 g/mol. The zero-order valence-electron chi connectivity index (χ0n) is 47.1. The molecule has 6 nitrogen and oxygen atoms in total. The molecule has 0 bridgehead atoms. The molecule has 0 unspecified atom stereocenters. The number of hydrogen-bond donors (Lipinski definition) is 0. The van der Waals surface area contributed by atoms with E-state index in [1.54, 1.807) is 59.1 Å². The number of allylic oxidation sites excluding steroid dienone is 6. The summed E-state index contributed by atoms with van der Waals surface area (Å²) in [5.41, 5.74) is 19.7. The molecule has 0 saturated heterocycles. The molecule has 0 saturated carbocycles. The lowest BCUT2D eigenvalue weighted by Gasteiger charge is -2.36. The molecule has 0 amide bonds. The van der Waals surface area contributed by atoms with Gasteiger partial charge in [-0.2, -0.15) is 21.0 Å². The highest BCUT2D eigenvalue weighted by molar-refractivity contribution is 7.20. The van der Waals surface area contributed by atoms with Crippen LogP contribution in [0.2, 0.25) is 0 Å². The van der Waals surface area contributed by atoms with Crippen LogP contribution in [0.15, 0.2) is 216 Å². The number of carbonyl (C=O) groups excluding carboxylic acids is 2. The van der Waals surface area contributed by atoms with Gasteiger partial charge in [0, 0.05) is 52.6 Å². The molecule has 402 valence electrons. The summed E-state index contributed by atoms with van der Waals surface area (Å²) in [4.78, 5) is 30.2. The summed E-state index contributed by atoms with van der Waals surface area (Å²) in [6.07, 6.45) is 3.72. The predicted molar refractivity (Wildman–Crippen MR) is 345 cm³/mol. The van der Waals surface area contributed by atoms with Gasteiger partial charge in [0.25, 0.3) is 0 Å². The molecule has 8 heteroatoms. The minimum Gasteiger partial charge on any atom is -0.289 e. The third-order valence-corrected chi connectivity index (χ3v) is 20.2. The Morgan fingerprint density at radius 1 is 0.360 bits per heavy atom. The first-order valence-corrected chi connectivity index (χ1v) is 30.0. The van der Waals surface area contributed by atoms with Crippen molar-refractivity contribution in [2.45, 2.75) is 38.5 Å². The molecule has 11 aromatic rings. The SMILES string of the molecule is Cc1ccc(C2(c3ccc(C)cc3)c3cc4c(cc3-c3cc5sc(/C=C6\C(=O)c7ccccc7C6=C(C#N)C#N)cc5cc32)C(c2ccc(C)cc2)(c2ccc(C)cc2)c2cc3cc(/C=C5\C(=O)c6ccccc6C5=C(C#N)C#N)sc3cc2-4)cc1. The fourth-order valence-electron chi connectivity index (χ4n) is 14.1. The Morgan fingerprint density at radius 3 is 0.965 bits per heavy atom. The number of thiophene rings is 2. The van der Waals surface area contributed by atoms with Crippen molar-refractivity contribution < 1.29 is 9.59 Å². The largest absolute Gasteiger partial charge is 0.289 e. The lowest BCUT2D eigenvalue weighted by atomic mass is 9.65. The molecule has 0 radical (unpaired) electrons. The second kappa shape index (κ2) is 19.4. The van der Waals surface area contributed by atoms with Gasteiger partial charge in [0.15, 0.2) is 11.6 Å². The van der Waals surface area contributed by atoms with Crippen LogP contribution < -0.4 is 0 Å². The molecule has 4 aliphatic rings. The van der Waals surface area contributed by atoms with E-state index in [0.29, 0.717) is 44.5 Å². The fourth-order valence-corrected chi connectivity index (χ4v) is 16.2. The zero-order chi connectivity index (χ0) is 58.9. The Kier molecular flexibility index (Phi) is 11.7. The fraction of sp³-hybridized carbons (Fsp3) is 0.0769. The van der Waals surface area contributed by atoms with Crippen molar-refractivity contribution in [2.75, 3.05) is 0 Å². The first kappa shape index (κ1) is 52.0. The number of hydrogen-bond acceptors (Lipinski definition) is 8. The van der Waals surface area contributed by atoms with Crippen molar-refractivity contribution in [2.24, 2.45) is 0 Å². The minimum absolute atomic E-state index is 0.0972. The van der Waals surface area contributed by atoms with Gasteiger partial charge in [-0.3, -0.25) is 9.59 Å². The third kappa shape index (κ3) is 7.38. The third-order valence-electron chi connectivity index (χ3n) is 18.1. The molecule has 4 aliphatic carbocycles. The Labute approximate surface area is 505 Å². The predicted octanol–water partition coefficient (Wildman–Crippen LogP) is 18.2. The van der Waals surface area contributed by atoms with Gasteiger partial charge in [-0.1, -0.05) is 168 Å². The lowest BCUT2D eigenvalue weighted by Crippen LogP contribution is -2.30. The van der Waals surface area contributed by atoms with Crippen LogP contribution >= 0.6 is 22.7 Å². The van der Waals surface area contributed by atoms with Crippen LogP contribution in [-0.4, -0.2) is 11.6 Å². The second-order valence-corrected chi connectivity index (χ2v) is 25.1. The Balaban J connectivity index is 1.02. The molecule has 86 heavy (non-hydrogen) atoms. The van der Waals surface area contributed by atoms with E-state index >= 15 is 0 Å². The number of benzene rings is 9. The molecule has 9 aromatic carbocycles. The smallest absolute Gasteiger partial charge is 0.194 e. The molecular weight excluding hydrogens is 1090 g/mol. The first-order valence-electron chi connectivity index (χ1n) is 28.3. The van der Waals surface area contributed by atoms with Gasteiger partial charge >= 0.3 is 0 Å². The van der Waals surface area contributed by atoms with E-state index in [1.807, 2.05) is 24.3 Å². The van der Waals surface area contributed by atoms with Gasteiger partial charge in [0.2, 0.25) is 0 Å². The van der Waals surface area contributed by atoms with E-state index in [1.165, 1.54) is 0 Å². The quantitative estimate of drug-likeness (QED) is 0.120. The van der Waals surface area contributed by atoms with Crippen molar-refractivity contribution >= 4 is 77.7 Å². The number of Topliss-reactive ketones (excluding diaryl/α,β-unsaturated/α-hetero) is 2. The van der Waals surface area contributed by atoms with Gasteiger partial charge in [-0.25, -0.2) is 0 Å². The Hall–Kier alpha value is -10.8. The molecular formula is C78H46N4O2S2. The molecule has 0 atom stereocenters. The van der Waals surface area contributed by atoms with Gasteiger partial charge in [0.1, 0.15) is 35.4 Å². The van der Waals surface area contributed by atoms with Gasteiger partial charge in [-0.05, 0) is 177 Å². The van der Waals surface area contributed by atoms with E-state index in [2.05, 4.69) is 198 Å². The van der Waals surface area contributed by atoms with Crippen LogP contribution in [0, 0.1) is 73.0 Å². The highest BCUT2D eigenvalue weighted by Crippen LogP contribution is 2.64. The molecule has 15 rings (SSSR count). The zero-order valence-corrected chi connectivity index (χ0v) is 48.7. The maximum atomic E-state index is 14.3. The van der Waals surface area contributed by atoms with Crippen LogP contribution in [0.25, 0.3) is 65.7 Å². The number of rotatable bonds is 6. The highest BCUT2D eigenvalue weighted by Gasteiger charge is 2.52. The maximum absolute atomic E-state index is 14.3. The van der Waals surface area contributed by atoms with Crippen molar-refractivity contribution in [3.8, 4) is 46.5 Å². The molecule has 0 N–H and O–H groups in total. The molecule has 2 aromatic heterocycles. The summed E-state index contributed by atoms with van der Waals surface area (Å²) in [7, 11) is 0. The molecule has 0 spiro atoms. The summed E-state index contributed by atoms with van der Waals surface area (Å²) in [6.45, 7) is 8.49. The number of nitriles is 4. The number of aryl methyl sites for hydroxylation is 4. The number of nitrogens with zero attached hydrogens (tertiary/aromatic N) is 4. The van der Waals surface area contributed by atoms with Crippen LogP contribution in [0.4, 0.5) is 0 Å². The molecule has 0 fully saturated rings. The van der Waals surface area contributed by atoms with E-state index in [9.17, 15) is 30.6 Å². The minimum atomic E-state index is -0.822. The van der Waals surface area contributed by atoms with E-state index in [-0.39, 0.29) is 22.7 Å². The standard InChI is InChI=1S/C78H46N4O2S2/c1-43-13-21-51(22-14-43)77(52-23-15-44(2)16-24-52)67-31-47-29-55(33-65-73(49(39-79)40-80)57-9-5-7-11-59(57)75(65)83)85-71(47)37-63(67)61-36-70-62(35-69(61)77)64-38-72-48(32-68(64)78(70,53-25-17-45(3)18-26-53)54-27-19-46(4)20-28-54)30-56(86-72)34-66-74(50(41-81)42-82)58-10-6-8-12-60(58)76(66)84/h5-38H,1-4H3/b65-33-,66-34-. The van der Waals surface area contributed by atoms with Crippen LogP contribution in [-0.2, 0) is 10.8 Å².